The molecule has 1 aromatic rings. The van der Waals surface area contributed by atoms with Crippen molar-refractivity contribution in [2.24, 2.45) is 0 Å². The van der Waals surface area contributed by atoms with Gasteiger partial charge in [-0.1, -0.05) is 48.0 Å². The number of rotatable bonds is 1. The Balaban J connectivity index is 3.64. The quantitative estimate of drug-likeness (QED) is 0.663. The Labute approximate surface area is 90.2 Å². The Bertz CT molecular complexity index is 453. The molecule has 0 radical (unpaired) electrons. The summed E-state index contributed by atoms with van der Waals surface area (Å²) in [7, 11) is 0. The molecule has 74 valence electrons. The van der Waals surface area contributed by atoms with Crippen LogP contribution in [-0.2, 0) is 0 Å². The first-order valence-electron chi connectivity index (χ1n) is 4.78. The molecule has 0 N–H and O–H groups in total. The van der Waals surface area contributed by atoms with Crippen LogP contribution in [0.25, 0.3) is 17.2 Å². The molecule has 0 aromatic heterocycles. The summed E-state index contributed by atoms with van der Waals surface area (Å²) in [6, 6.07) is 6.17. The van der Waals surface area contributed by atoms with E-state index in [1.165, 1.54) is 10.4 Å². The zero-order chi connectivity index (χ0) is 10.6. The molecular formula is C13H15Cl. The van der Waals surface area contributed by atoms with Crippen molar-refractivity contribution in [2.45, 2.75) is 20.8 Å². The molecule has 0 nitrogen and oxygen atoms in total. The molecule has 0 fully saturated rings. The maximum atomic E-state index is 6.13. The van der Waals surface area contributed by atoms with Gasteiger partial charge in [0.05, 0.1) is 0 Å². The molecule has 0 saturated heterocycles. The van der Waals surface area contributed by atoms with Crippen LogP contribution in [0.5, 0.6) is 0 Å². The van der Waals surface area contributed by atoms with E-state index >= 15 is 0 Å². The Morgan fingerprint density at radius 1 is 1.14 bits per heavy atom. The number of allylic oxidation sites excluding steroid dienone is 1. The fraction of sp³-hybridized carbons (Fsp3) is 0.231. The van der Waals surface area contributed by atoms with Crippen molar-refractivity contribution < 1.29 is 0 Å². The lowest BCUT2D eigenvalue weighted by Gasteiger charge is -2.00. The fourth-order valence-electron chi connectivity index (χ4n) is 1.52. The van der Waals surface area contributed by atoms with Crippen LogP contribution in [0.3, 0.4) is 0 Å². The molecule has 1 rings (SSSR count). The zero-order valence-corrected chi connectivity index (χ0v) is 9.60. The molecule has 14 heavy (non-hydrogen) atoms. The molecular weight excluding hydrogens is 192 g/mol. The van der Waals surface area contributed by atoms with E-state index in [1.807, 2.05) is 39.0 Å². The van der Waals surface area contributed by atoms with E-state index in [-0.39, 0.29) is 0 Å². The SMILES string of the molecule is CC=C(Cl)c1cccc(=CC)c1=CC. The minimum atomic E-state index is 0.807. The summed E-state index contributed by atoms with van der Waals surface area (Å²) in [5.74, 6) is 0. The Kier molecular flexibility index (Phi) is 3.97. The van der Waals surface area contributed by atoms with E-state index < -0.39 is 0 Å². The molecule has 0 amide bonds. The average Bonchev–Trinajstić information content (AvgIpc) is 2.26. The van der Waals surface area contributed by atoms with Gasteiger partial charge < -0.3 is 0 Å². The van der Waals surface area contributed by atoms with E-state index in [0.717, 1.165) is 10.6 Å². The maximum absolute atomic E-state index is 6.13. The van der Waals surface area contributed by atoms with Crippen LogP contribution in [0.2, 0.25) is 0 Å². The monoisotopic (exact) mass is 206 g/mol. The summed E-state index contributed by atoms with van der Waals surface area (Å²) in [5.41, 5.74) is 1.10. The van der Waals surface area contributed by atoms with E-state index in [0.29, 0.717) is 0 Å². The molecule has 1 heteroatoms. The van der Waals surface area contributed by atoms with Gasteiger partial charge in [-0.15, -0.1) is 0 Å². The number of halogens is 1. The highest BCUT2D eigenvalue weighted by Gasteiger charge is 1.98. The van der Waals surface area contributed by atoms with Crippen molar-refractivity contribution in [3.8, 4) is 0 Å². The Morgan fingerprint density at radius 3 is 2.36 bits per heavy atom. The van der Waals surface area contributed by atoms with Gasteiger partial charge in [-0.2, -0.15) is 0 Å². The van der Waals surface area contributed by atoms with Crippen molar-refractivity contribution in [1.29, 1.82) is 0 Å². The maximum Gasteiger partial charge on any atom is 0.0441 e. The number of benzene rings is 1. The third kappa shape index (κ3) is 2.08. The van der Waals surface area contributed by atoms with Gasteiger partial charge in [0.1, 0.15) is 0 Å². The third-order valence-electron chi connectivity index (χ3n) is 2.25. The summed E-state index contributed by atoms with van der Waals surface area (Å²) < 4.78 is 0. The van der Waals surface area contributed by atoms with Crippen LogP contribution in [0.4, 0.5) is 0 Å². The predicted molar refractivity (Wildman–Crippen MR) is 65.5 cm³/mol. The van der Waals surface area contributed by atoms with Gasteiger partial charge in [-0.3, -0.25) is 0 Å². The van der Waals surface area contributed by atoms with Crippen LogP contribution >= 0.6 is 11.6 Å². The second-order valence-electron chi connectivity index (χ2n) is 3.02. The highest BCUT2D eigenvalue weighted by atomic mass is 35.5. The molecule has 0 heterocycles. The minimum Gasteiger partial charge on any atom is -0.0840 e. The van der Waals surface area contributed by atoms with Gasteiger partial charge in [-0.05, 0) is 31.2 Å². The molecule has 0 aliphatic rings. The summed E-state index contributed by atoms with van der Waals surface area (Å²) in [6.45, 7) is 6.02. The minimum absolute atomic E-state index is 0.807. The second kappa shape index (κ2) is 5.02. The molecule has 0 atom stereocenters. The van der Waals surface area contributed by atoms with Gasteiger partial charge in [0.2, 0.25) is 0 Å². The van der Waals surface area contributed by atoms with Crippen LogP contribution in [-0.4, -0.2) is 0 Å². The topological polar surface area (TPSA) is 0 Å². The first-order chi connectivity index (χ1) is 6.74. The van der Waals surface area contributed by atoms with Crippen molar-refractivity contribution >= 4 is 28.8 Å². The van der Waals surface area contributed by atoms with Gasteiger partial charge in [0.15, 0.2) is 0 Å². The molecule has 0 aliphatic heterocycles. The smallest absolute Gasteiger partial charge is 0.0441 e. The first-order valence-corrected chi connectivity index (χ1v) is 5.16. The molecule has 0 unspecified atom stereocenters. The van der Waals surface area contributed by atoms with E-state index in [9.17, 15) is 0 Å². The van der Waals surface area contributed by atoms with Gasteiger partial charge >= 0.3 is 0 Å². The summed E-state index contributed by atoms with van der Waals surface area (Å²) >= 11 is 6.13. The largest absolute Gasteiger partial charge is 0.0840 e. The highest BCUT2D eigenvalue weighted by Crippen LogP contribution is 2.13. The predicted octanol–water partition coefficient (Wildman–Crippen LogP) is 2.89. The second-order valence-corrected chi connectivity index (χ2v) is 3.43. The van der Waals surface area contributed by atoms with E-state index in [2.05, 4.69) is 18.2 Å². The van der Waals surface area contributed by atoms with E-state index in [4.69, 9.17) is 11.6 Å². The van der Waals surface area contributed by atoms with Crippen LogP contribution in [0, 0.1) is 0 Å². The van der Waals surface area contributed by atoms with Gasteiger partial charge in [0.25, 0.3) is 0 Å². The summed E-state index contributed by atoms with van der Waals surface area (Å²) in [6.07, 6.45) is 6.11. The molecule has 0 spiro atoms. The van der Waals surface area contributed by atoms with Crippen molar-refractivity contribution in [1.82, 2.24) is 0 Å². The average molecular weight is 207 g/mol. The lowest BCUT2D eigenvalue weighted by atomic mass is 10.1. The molecule has 0 bridgehead atoms. The third-order valence-corrected chi connectivity index (χ3v) is 2.67. The highest BCUT2D eigenvalue weighted by molar-refractivity contribution is 6.48. The Hall–Kier alpha value is -1.01. The number of hydrogen-bond acceptors (Lipinski definition) is 0. The van der Waals surface area contributed by atoms with Crippen molar-refractivity contribution in [2.75, 3.05) is 0 Å². The van der Waals surface area contributed by atoms with Crippen LogP contribution in [0.15, 0.2) is 24.3 Å². The van der Waals surface area contributed by atoms with Crippen LogP contribution in [0.1, 0.15) is 26.3 Å². The normalized spacial score (nSPS) is 15.0. The molecule has 0 aliphatic carbocycles. The summed E-state index contributed by atoms with van der Waals surface area (Å²) in [5, 5.41) is 3.24. The van der Waals surface area contributed by atoms with Gasteiger partial charge in [0, 0.05) is 10.6 Å². The molecule has 0 saturated carbocycles. The lowest BCUT2D eigenvalue weighted by Crippen LogP contribution is -2.26. The fourth-order valence-corrected chi connectivity index (χ4v) is 1.69. The van der Waals surface area contributed by atoms with Crippen LogP contribution < -0.4 is 10.4 Å². The first kappa shape index (κ1) is 11.1. The summed E-state index contributed by atoms with van der Waals surface area (Å²) in [4.78, 5) is 0. The van der Waals surface area contributed by atoms with Crippen molar-refractivity contribution in [3.63, 3.8) is 0 Å². The lowest BCUT2D eigenvalue weighted by molar-refractivity contribution is 1.46. The van der Waals surface area contributed by atoms with Gasteiger partial charge in [-0.25, -0.2) is 0 Å². The van der Waals surface area contributed by atoms with E-state index in [1.54, 1.807) is 0 Å². The van der Waals surface area contributed by atoms with Crippen molar-refractivity contribution in [3.05, 3.63) is 40.3 Å². The Morgan fingerprint density at radius 2 is 1.86 bits per heavy atom. The number of hydrogen-bond donors (Lipinski definition) is 0. The standard InChI is InChI=1S/C13H15Cl/c1-4-10-8-7-9-12(11(10)5-2)13(14)6-3/h4-9H,1-3H3. The zero-order valence-electron chi connectivity index (χ0n) is 8.84. The molecule has 1 aromatic carbocycles.